The molecule has 2 atom stereocenters. The van der Waals surface area contributed by atoms with Gasteiger partial charge in [-0.15, -0.1) is 0 Å². The minimum absolute atomic E-state index is 0.00840. The summed E-state index contributed by atoms with van der Waals surface area (Å²) in [4.78, 5) is 2.36. The average Bonchev–Trinajstić information content (AvgIpc) is 2.71. The van der Waals surface area contributed by atoms with E-state index in [0.29, 0.717) is 19.8 Å². The molecule has 0 amide bonds. The second-order valence-corrected chi connectivity index (χ2v) is 6.77. The Morgan fingerprint density at radius 1 is 1.04 bits per heavy atom. The molecule has 0 N–H and O–H groups in total. The molecular formula is C22H29NO4. The van der Waals surface area contributed by atoms with Gasteiger partial charge in [0.25, 0.3) is 0 Å². The van der Waals surface area contributed by atoms with Gasteiger partial charge in [0.15, 0.2) is 0 Å². The largest absolute Gasteiger partial charge is 0.492 e. The molecule has 1 saturated heterocycles. The van der Waals surface area contributed by atoms with Gasteiger partial charge in [-0.1, -0.05) is 35.9 Å². The van der Waals surface area contributed by atoms with Crippen molar-refractivity contribution in [3.05, 3.63) is 60.2 Å². The third kappa shape index (κ3) is 6.24. The van der Waals surface area contributed by atoms with E-state index in [9.17, 15) is 0 Å². The van der Waals surface area contributed by atoms with E-state index in [-0.39, 0.29) is 12.2 Å². The summed E-state index contributed by atoms with van der Waals surface area (Å²) in [7, 11) is 1.71. The van der Waals surface area contributed by atoms with Crippen LogP contribution < -0.4 is 9.47 Å². The Balaban J connectivity index is 1.44. The van der Waals surface area contributed by atoms with Crippen LogP contribution in [0.1, 0.15) is 5.56 Å². The Kier molecular flexibility index (Phi) is 7.51. The van der Waals surface area contributed by atoms with Gasteiger partial charge in [0.2, 0.25) is 0 Å². The lowest BCUT2D eigenvalue weighted by Gasteiger charge is -2.36. The molecule has 2 aromatic carbocycles. The average molecular weight is 371 g/mol. The van der Waals surface area contributed by atoms with Gasteiger partial charge in [-0.05, 0) is 31.2 Å². The van der Waals surface area contributed by atoms with E-state index in [4.69, 9.17) is 18.9 Å². The molecular weight excluding hydrogens is 342 g/mol. The maximum Gasteiger partial charge on any atom is 0.119 e. The summed E-state index contributed by atoms with van der Waals surface area (Å²) < 4.78 is 23.3. The van der Waals surface area contributed by atoms with Crippen LogP contribution in [0.3, 0.4) is 0 Å². The highest BCUT2D eigenvalue weighted by molar-refractivity contribution is 5.26. The van der Waals surface area contributed by atoms with Gasteiger partial charge in [-0.25, -0.2) is 0 Å². The molecule has 2 aromatic rings. The molecule has 0 aliphatic carbocycles. The highest BCUT2D eigenvalue weighted by Gasteiger charge is 2.28. The molecule has 5 nitrogen and oxygen atoms in total. The number of hydrogen-bond donors (Lipinski definition) is 0. The molecule has 1 heterocycles. The van der Waals surface area contributed by atoms with Crippen LogP contribution in [0.2, 0.25) is 0 Å². The Morgan fingerprint density at radius 2 is 1.78 bits per heavy atom. The van der Waals surface area contributed by atoms with Gasteiger partial charge in [0, 0.05) is 26.7 Å². The van der Waals surface area contributed by atoms with Crippen LogP contribution in [-0.2, 0) is 9.47 Å². The van der Waals surface area contributed by atoms with Gasteiger partial charge in [-0.2, -0.15) is 0 Å². The van der Waals surface area contributed by atoms with Crippen molar-refractivity contribution >= 4 is 0 Å². The molecule has 0 aromatic heterocycles. The SMILES string of the molecule is COC(COc1ccc(C)cc1)C1CN(CCOc2ccccc2)CCO1. The van der Waals surface area contributed by atoms with Crippen molar-refractivity contribution in [2.24, 2.45) is 0 Å². The molecule has 1 aliphatic heterocycles. The zero-order chi connectivity index (χ0) is 18.9. The maximum atomic E-state index is 5.95. The number of benzene rings is 2. The minimum Gasteiger partial charge on any atom is -0.492 e. The summed E-state index contributed by atoms with van der Waals surface area (Å²) in [5.41, 5.74) is 1.22. The van der Waals surface area contributed by atoms with Crippen molar-refractivity contribution in [2.45, 2.75) is 19.1 Å². The van der Waals surface area contributed by atoms with Crippen molar-refractivity contribution in [3.8, 4) is 11.5 Å². The Bertz CT molecular complexity index is 662. The van der Waals surface area contributed by atoms with Crippen LogP contribution in [0, 0.1) is 6.92 Å². The van der Waals surface area contributed by atoms with E-state index in [0.717, 1.165) is 31.1 Å². The van der Waals surface area contributed by atoms with E-state index < -0.39 is 0 Å². The van der Waals surface area contributed by atoms with Crippen molar-refractivity contribution in [1.82, 2.24) is 4.90 Å². The van der Waals surface area contributed by atoms with Gasteiger partial charge in [0.05, 0.1) is 12.7 Å². The predicted octanol–water partition coefficient (Wildman–Crippen LogP) is 3.17. The fraction of sp³-hybridized carbons (Fsp3) is 0.455. The lowest BCUT2D eigenvalue weighted by Crippen LogP contribution is -2.50. The van der Waals surface area contributed by atoms with Gasteiger partial charge >= 0.3 is 0 Å². The zero-order valence-corrected chi connectivity index (χ0v) is 16.2. The summed E-state index contributed by atoms with van der Waals surface area (Å²) in [6, 6.07) is 18.0. The zero-order valence-electron chi connectivity index (χ0n) is 16.2. The highest BCUT2D eigenvalue weighted by Crippen LogP contribution is 2.16. The highest BCUT2D eigenvalue weighted by atomic mass is 16.6. The van der Waals surface area contributed by atoms with Crippen LogP contribution in [-0.4, -0.2) is 63.7 Å². The number of methoxy groups -OCH3 is 1. The summed E-state index contributed by atoms with van der Waals surface area (Å²) in [6.07, 6.45) is -0.116. The molecule has 3 rings (SSSR count). The van der Waals surface area contributed by atoms with E-state index in [1.807, 2.05) is 54.6 Å². The predicted molar refractivity (Wildman–Crippen MR) is 106 cm³/mol. The van der Waals surface area contributed by atoms with Crippen LogP contribution in [0.25, 0.3) is 0 Å². The third-order valence-electron chi connectivity index (χ3n) is 4.75. The topological polar surface area (TPSA) is 40.2 Å². The standard InChI is InChI=1S/C22H29NO4/c1-18-8-10-20(11-9-18)27-17-22(24-2)21-16-23(13-15-26-21)12-14-25-19-6-4-3-5-7-19/h3-11,21-22H,12-17H2,1-2H3. The number of hydrogen-bond acceptors (Lipinski definition) is 5. The first-order chi connectivity index (χ1) is 13.2. The summed E-state index contributed by atoms with van der Waals surface area (Å²) in [5.74, 6) is 1.76. The maximum absolute atomic E-state index is 5.95. The summed E-state index contributed by atoms with van der Waals surface area (Å²) in [5, 5.41) is 0. The first-order valence-electron chi connectivity index (χ1n) is 9.48. The Hall–Kier alpha value is -2.08. The molecule has 0 saturated carbocycles. The second kappa shape index (κ2) is 10.3. The lowest BCUT2D eigenvalue weighted by molar-refractivity contribution is -0.112. The molecule has 0 bridgehead atoms. The fourth-order valence-electron chi connectivity index (χ4n) is 3.11. The van der Waals surface area contributed by atoms with E-state index in [1.165, 1.54) is 5.56 Å². The third-order valence-corrected chi connectivity index (χ3v) is 4.75. The molecule has 27 heavy (non-hydrogen) atoms. The molecule has 1 fully saturated rings. The molecule has 0 radical (unpaired) electrons. The summed E-state index contributed by atoms with van der Waals surface area (Å²) in [6.45, 7) is 6.47. The molecule has 0 spiro atoms. The number of ether oxygens (including phenoxy) is 4. The van der Waals surface area contributed by atoms with Gasteiger partial charge < -0.3 is 18.9 Å². The first-order valence-corrected chi connectivity index (χ1v) is 9.48. The van der Waals surface area contributed by atoms with Crippen molar-refractivity contribution in [2.75, 3.05) is 46.6 Å². The van der Waals surface area contributed by atoms with Crippen LogP contribution in [0.5, 0.6) is 11.5 Å². The number of rotatable bonds is 9. The molecule has 5 heteroatoms. The number of aryl methyl sites for hydroxylation is 1. The number of para-hydroxylation sites is 1. The number of morpholine rings is 1. The lowest BCUT2D eigenvalue weighted by atomic mass is 10.1. The fourth-order valence-corrected chi connectivity index (χ4v) is 3.11. The molecule has 2 unspecified atom stereocenters. The van der Waals surface area contributed by atoms with Crippen molar-refractivity contribution in [3.63, 3.8) is 0 Å². The first kappa shape index (κ1) is 19.7. The van der Waals surface area contributed by atoms with E-state index >= 15 is 0 Å². The van der Waals surface area contributed by atoms with Gasteiger partial charge in [-0.3, -0.25) is 4.90 Å². The Labute approximate surface area is 161 Å². The number of nitrogens with zero attached hydrogens (tertiary/aromatic N) is 1. The van der Waals surface area contributed by atoms with E-state index in [2.05, 4.69) is 11.8 Å². The van der Waals surface area contributed by atoms with Gasteiger partial charge in [0.1, 0.15) is 30.8 Å². The quantitative estimate of drug-likeness (QED) is 0.677. The normalized spacial score (nSPS) is 18.8. The molecule has 1 aliphatic rings. The van der Waals surface area contributed by atoms with Crippen molar-refractivity contribution < 1.29 is 18.9 Å². The Morgan fingerprint density at radius 3 is 2.52 bits per heavy atom. The van der Waals surface area contributed by atoms with E-state index in [1.54, 1.807) is 7.11 Å². The van der Waals surface area contributed by atoms with Crippen molar-refractivity contribution in [1.29, 1.82) is 0 Å². The monoisotopic (exact) mass is 371 g/mol. The second-order valence-electron chi connectivity index (χ2n) is 6.77. The van der Waals surface area contributed by atoms with Crippen LogP contribution >= 0.6 is 0 Å². The van der Waals surface area contributed by atoms with Crippen LogP contribution in [0.15, 0.2) is 54.6 Å². The van der Waals surface area contributed by atoms with Crippen LogP contribution in [0.4, 0.5) is 0 Å². The molecule has 146 valence electrons. The smallest absolute Gasteiger partial charge is 0.119 e. The minimum atomic E-state index is -0.107. The summed E-state index contributed by atoms with van der Waals surface area (Å²) >= 11 is 0.